The van der Waals surface area contributed by atoms with E-state index < -0.39 is 24.0 Å². The number of alkyl halides is 3. The molecule has 0 bridgehead atoms. The largest absolute Gasteiger partial charge is 0.481 e. The van der Waals surface area contributed by atoms with Crippen molar-refractivity contribution in [3.8, 4) is 5.88 Å². The minimum absolute atomic E-state index is 0.0937. The van der Waals surface area contributed by atoms with Gasteiger partial charge in [-0.2, -0.15) is 13.2 Å². The molecule has 1 saturated heterocycles. The number of pyridine rings is 1. The number of aromatic nitrogens is 1. The lowest BCUT2D eigenvalue weighted by atomic mass is 9.80. The maximum Gasteiger partial charge on any atom is 0.471 e. The van der Waals surface area contributed by atoms with E-state index in [1.165, 1.54) is 13.3 Å². The molecule has 2 rings (SSSR count). The molecule has 6 nitrogen and oxygen atoms in total. The van der Waals surface area contributed by atoms with Crippen LogP contribution in [-0.2, 0) is 14.3 Å². The Labute approximate surface area is 142 Å². The molecule has 0 aromatic carbocycles. The smallest absolute Gasteiger partial charge is 0.471 e. The van der Waals surface area contributed by atoms with E-state index in [1.807, 2.05) is 0 Å². The first-order valence-electron chi connectivity index (χ1n) is 7.80. The van der Waals surface area contributed by atoms with Gasteiger partial charge < -0.3 is 14.4 Å². The van der Waals surface area contributed by atoms with E-state index >= 15 is 0 Å². The Kier molecular flexibility index (Phi) is 5.86. The number of carbonyl (C=O) groups is 2. The predicted molar refractivity (Wildman–Crippen MR) is 80.9 cm³/mol. The number of likely N-dealkylation sites (tertiary alicyclic amines) is 1. The maximum absolute atomic E-state index is 12.7. The molecule has 138 valence electrons. The molecule has 1 fully saturated rings. The lowest BCUT2D eigenvalue weighted by Gasteiger charge is -2.37. The molecule has 0 radical (unpaired) electrons. The summed E-state index contributed by atoms with van der Waals surface area (Å²) in [6.07, 6.45) is -3.26. The number of hydrogen-bond acceptors (Lipinski definition) is 5. The highest BCUT2D eigenvalue weighted by Crippen LogP contribution is 2.36. The van der Waals surface area contributed by atoms with E-state index in [2.05, 4.69) is 4.98 Å². The number of halogens is 3. The Morgan fingerprint density at radius 2 is 2.12 bits per heavy atom. The molecule has 1 unspecified atom stereocenters. The zero-order valence-electron chi connectivity index (χ0n) is 13.9. The van der Waals surface area contributed by atoms with Crippen LogP contribution >= 0.6 is 0 Å². The molecule has 0 spiro atoms. The Morgan fingerprint density at radius 1 is 1.40 bits per heavy atom. The number of nitrogens with zero attached hydrogens (tertiary/aromatic N) is 2. The highest BCUT2D eigenvalue weighted by Gasteiger charge is 2.46. The summed E-state index contributed by atoms with van der Waals surface area (Å²) in [6.45, 7) is 1.29. The van der Waals surface area contributed by atoms with Gasteiger partial charge in [0.2, 0.25) is 5.88 Å². The number of methoxy groups -OCH3 is 1. The highest BCUT2D eigenvalue weighted by molar-refractivity contribution is 5.83. The first-order chi connectivity index (χ1) is 11.8. The summed E-state index contributed by atoms with van der Waals surface area (Å²) in [6, 6.07) is 3.32. The average Bonchev–Trinajstić information content (AvgIpc) is 2.60. The van der Waals surface area contributed by atoms with Gasteiger partial charge >= 0.3 is 18.1 Å². The monoisotopic (exact) mass is 360 g/mol. The molecule has 1 aromatic rings. The molecule has 0 saturated carbocycles. The number of piperidine rings is 1. The quantitative estimate of drug-likeness (QED) is 0.770. The van der Waals surface area contributed by atoms with E-state index in [0.717, 1.165) is 0 Å². The van der Waals surface area contributed by atoms with Gasteiger partial charge in [0.05, 0.1) is 19.6 Å². The van der Waals surface area contributed by atoms with E-state index in [1.54, 1.807) is 19.1 Å². The van der Waals surface area contributed by atoms with Crippen molar-refractivity contribution in [3.63, 3.8) is 0 Å². The summed E-state index contributed by atoms with van der Waals surface area (Å²) in [5.41, 5.74) is 0.712. The first kappa shape index (κ1) is 19.0. The van der Waals surface area contributed by atoms with Crippen molar-refractivity contribution < 1.29 is 32.2 Å². The van der Waals surface area contributed by atoms with E-state index in [-0.39, 0.29) is 32.0 Å². The zero-order chi connectivity index (χ0) is 18.6. The second-order valence-corrected chi connectivity index (χ2v) is 5.63. The molecule has 1 aliphatic rings. The van der Waals surface area contributed by atoms with Crippen molar-refractivity contribution in [2.75, 3.05) is 26.8 Å². The Hall–Kier alpha value is -2.32. The summed E-state index contributed by atoms with van der Waals surface area (Å²) in [5, 5.41) is 0. The van der Waals surface area contributed by atoms with Crippen molar-refractivity contribution in [3.05, 3.63) is 23.9 Å². The van der Waals surface area contributed by atoms with Crippen LogP contribution in [0.3, 0.4) is 0 Å². The van der Waals surface area contributed by atoms with Crippen LogP contribution in [0.15, 0.2) is 18.3 Å². The van der Waals surface area contributed by atoms with Gasteiger partial charge in [0.15, 0.2) is 0 Å². The van der Waals surface area contributed by atoms with Crippen LogP contribution in [0.2, 0.25) is 0 Å². The predicted octanol–water partition coefficient (Wildman–Crippen LogP) is 2.15. The Morgan fingerprint density at radius 3 is 2.72 bits per heavy atom. The molecule has 25 heavy (non-hydrogen) atoms. The van der Waals surface area contributed by atoms with Gasteiger partial charge in [0.25, 0.3) is 0 Å². The number of ether oxygens (including phenoxy) is 2. The fourth-order valence-electron chi connectivity index (χ4n) is 2.97. The van der Waals surface area contributed by atoms with Crippen molar-refractivity contribution in [1.82, 2.24) is 9.88 Å². The van der Waals surface area contributed by atoms with E-state index in [4.69, 9.17) is 9.47 Å². The Bertz CT molecular complexity index is 636. The van der Waals surface area contributed by atoms with Crippen LogP contribution in [0, 0.1) is 5.92 Å². The van der Waals surface area contributed by atoms with Crippen molar-refractivity contribution in [2.24, 2.45) is 5.92 Å². The summed E-state index contributed by atoms with van der Waals surface area (Å²) in [7, 11) is 1.44. The fraction of sp³-hybridized carbons (Fsp3) is 0.562. The second kappa shape index (κ2) is 7.71. The third kappa shape index (κ3) is 4.40. The number of esters is 1. The molecular formula is C16H19F3N2O4. The minimum Gasteiger partial charge on any atom is -0.481 e. The van der Waals surface area contributed by atoms with Gasteiger partial charge in [-0.05, 0) is 25.0 Å². The van der Waals surface area contributed by atoms with Gasteiger partial charge in [-0.3, -0.25) is 9.59 Å². The van der Waals surface area contributed by atoms with Crippen molar-refractivity contribution in [2.45, 2.75) is 25.4 Å². The SMILES string of the molecule is CCOC(=O)C1CN(C(=O)C(F)(F)F)CC[C@@H]1c1ccnc(OC)c1. The topological polar surface area (TPSA) is 68.7 Å². The third-order valence-corrected chi connectivity index (χ3v) is 4.13. The summed E-state index contributed by atoms with van der Waals surface area (Å²) < 4.78 is 48.1. The summed E-state index contributed by atoms with van der Waals surface area (Å²) in [5.74, 6) is -3.48. The van der Waals surface area contributed by atoms with Crippen LogP contribution < -0.4 is 4.74 Å². The molecule has 1 aromatic heterocycles. The Balaban J connectivity index is 2.27. The lowest BCUT2D eigenvalue weighted by molar-refractivity contribution is -0.188. The molecule has 2 heterocycles. The number of amides is 1. The molecule has 9 heteroatoms. The van der Waals surface area contributed by atoms with Gasteiger partial charge in [-0.1, -0.05) is 0 Å². The number of carbonyl (C=O) groups excluding carboxylic acids is 2. The lowest BCUT2D eigenvalue weighted by Crippen LogP contribution is -2.50. The van der Waals surface area contributed by atoms with Gasteiger partial charge in [0.1, 0.15) is 0 Å². The third-order valence-electron chi connectivity index (χ3n) is 4.13. The first-order valence-corrected chi connectivity index (χ1v) is 7.80. The zero-order valence-corrected chi connectivity index (χ0v) is 13.9. The van der Waals surface area contributed by atoms with Gasteiger partial charge in [0, 0.05) is 31.3 Å². The second-order valence-electron chi connectivity index (χ2n) is 5.63. The number of hydrogen-bond donors (Lipinski definition) is 0. The highest BCUT2D eigenvalue weighted by atomic mass is 19.4. The van der Waals surface area contributed by atoms with Crippen LogP contribution in [0.4, 0.5) is 13.2 Å². The summed E-state index contributed by atoms with van der Waals surface area (Å²) in [4.78, 5) is 28.4. The van der Waals surface area contributed by atoms with E-state index in [9.17, 15) is 22.8 Å². The molecule has 2 atom stereocenters. The average molecular weight is 360 g/mol. The van der Waals surface area contributed by atoms with E-state index in [0.29, 0.717) is 16.3 Å². The van der Waals surface area contributed by atoms with Crippen LogP contribution in [-0.4, -0.2) is 54.7 Å². The van der Waals surface area contributed by atoms with Crippen LogP contribution in [0.5, 0.6) is 5.88 Å². The van der Waals surface area contributed by atoms with Gasteiger partial charge in [-0.15, -0.1) is 0 Å². The van der Waals surface area contributed by atoms with Crippen LogP contribution in [0.25, 0.3) is 0 Å². The van der Waals surface area contributed by atoms with Crippen molar-refractivity contribution in [1.29, 1.82) is 0 Å². The fourth-order valence-corrected chi connectivity index (χ4v) is 2.97. The van der Waals surface area contributed by atoms with Gasteiger partial charge in [-0.25, -0.2) is 4.98 Å². The molecule has 0 N–H and O–H groups in total. The molecule has 0 aliphatic carbocycles. The maximum atomic E-state index is 12.7. The minimum atomic E-state index is -4.97. The van der Waals surface area contributed by atoms with Crippen molar-refractivity contribution >= 4 is 11.9 Å². The molecule has 1 aliphatic heterocycles. The number of rotatable bonds is 4. The standard InChI is InChI=1S/C16H19F3N2O4/c1-3-25-14(22)12-9-21(15(23)16(17,18)19)7-5-11(12)10-4-6-20-13(8-10)24-2/h4,6,8,11-12H,3,5,7,9H2,1-2H3/t11-,12?/m1/s1. The normalized spacial score (nSPS) is 20.9. The molecular weight excluding hydrogens is 341 g/mol. The van der Waals surface area contributed by atoms with Crippen LogP contribution in [0.1, 0.15) is 24.8 Å². The summed E-state index contributed by atoms with van der Waals surface area (Å²) >= 11 is 0. The molecule has 1 amide bonds.